The van der Waals surface area contributed by atoms with Gasteiger partial charge in [0.15, 0.2) is 28.4 Å². The van der Waals surface area contributed by atoms with E-state index in [2.05, 4.69) is 44.6 Å². The molecule has 1 aliphatic heterocycles. The van der Waals surface area contributed by atoms with Crippen molar-refractivity contribution in [3.63, 3.8) is 0 Å². The van der Waals surface area contributed by atoms with E-state index in [4.69, 9.17) is 34.2 Å². The largest absolute Gasteiger partial charge is 0.493 e. The number of hydrogen-bond acceptors (Lipinski definition) is 12. The molecule has 3 heterocycles. The molecule has 0 radical (unpaired) electrons. The summed E-state index contributed by atoms with van der Waals surface area (Å²) in [4.78, 5) is 25.9. The number of nitrogens with zero attached hydrogens (tertiary/aromatic N) is 5. The van der Waals surface area contributed by atoms with E-state index in [1.807, 2.05) is 12.1 Å². The molecule has 0 fully saturated rings. The smallest absolute Gasteiger partial charge is 0.371 e. The Balaban J connectivity index is 0.000000276. The summed E-state index contributed by atoms with van der Waals surface area (Å²) in [7, 11) is 6.49. The van der Waals surface area contributed by atoms with Gasteiger partial charge in [-0.15, -0.1) is 15.0 Å². The molecule has 6 aromatic rings. The Morgan fingerprint density at radius 2 is 1.52 bits per heavy atom. The number of tetrazole rings is 1. The Bertz CT molecular complexity index is 2270. The number of aromatic carboxylic acids is 1. The number of para-hydroxylation sites is 1. The molecule has 7 rings (SSSR count). The third kappa shape index (κ3) is 7.66. The van der Waals surface area contributed by atoms with Gasteiger partial charge in [-0.25, -0.2) is 4.79 Å². The van der Waals surface area contributed by atoms with E-state index < -0.39 is 5.97 Å². The fourth-order valence-corrected chi connectivity index (χ4v) is 5.94. The molecule has 14 heteroatoms. The van der Waals surface area contributed by atoms with Crippen molar-refractivity contribution in [3.05, 3.63) is 112 Å². The van der Waals surface area contributed by atoms with Crippen molar-refractivity contribution in [2.45, 2.75) is 19.4 Å². The van der Waals surface area contributed by atoms with Gasteiger partial charge in [-0.3, -0.25) is 9.69 Å². The number of methoxy groups -OCH3 is 4. The number of aromatic nitrogens is 4. The van der Waals surface area contributed by atoms with E-state index in [9.17, 15) is 9.59 Å². The normalized spacial score (nSPS) is 12.4. The highest BCUT2D eigenvalue weighted by molar-refractivity contribution is 5.87. The summed E-state index contributed by atoms with van der Waals surface area (Å²) < 4.78 is 26.6. The Labute approximate surface area is 298 Å². The minimum absolute atomic E-state index is 0.289. The average molecular weight is 707 g/mol. The van der Waals surface area contributed by atoms with Gasteiger partial charge in [0, 0.05) is 43.0 Å². The fourth-order valence-electron chi connectivity index (χ4n) is 5.94. The standard InChI is InChI=1S/C28H32N6O4.C10H6O4/c1-35-24-13-19-10-12-33(17-20(19)14-25(24)36-2)11-9-18-5-7-21(8-6-18)34-31-28(30-32-34)22-15-26(37-3)27(38-4)16-23(22)29;11-7-5-9(10(12)13)14-8-4-2-1-3-6(7)8/h5-8,13-16H,9-12,17,29H2,1-4H3;1-5H,(H,12,13). The van der Waals surface area contributed by atoms with Gasteiger partial charge < -0.3 is 34.2 Å². The Morgan fingerprint density at radius 1 is 0.865 bits per heavy atom. The summed E-state index contributed by atoms with van der Waals surface area (Å²) >= 11 is 0. The summed E-state index contributed by atoms with van der Waals surface area (Å²) in [5.41, 5.74) is 12.0. The van der Waals surface area contributed by atoms with Gasteiger partial charge >= 0.3 is 5.97 Å². The van der Waals surface area contributed by atoms with Gasteiger partial charge in [0.2, 0.25) is 11.6 Å². The Morgan fingerprint density at radius 3 is 2.21 bits per heavy atom. The van der Waals surface area contributed by atoms with Gasteiger partial charge in [0.25, 0.3) is 0 Å². The first-order valence-corrected chi connectivity index (χ1v) is 16.3. The van der Waals surface area contributed by atoms with Crippen LogP contribution in [0.25, 0.3) is 28.0 Å². The van der Waals surface area contributed by atoms with Crippen molar-refractivity contribution in [2.75, 3.05) is 47.3 Å². The first-order valence-electron chi connectivity index (χ1n) is 16.3. The summed E-state index contributed by atoms with van der Waals surface area (Å²) in [6.45, 7) is 2.89. The molecule has 0 spiro atoms. The van der Waals surface area contributed by atoms with E-state index in [0.717, 1.165) is 55.7 Å². The molecule has 1 aliphatic rings. The molecule has 52 heavy (non-hydrogen) atoms. The number of fused-ring (bicyclic) bond motifs is 2. The maximum Gasteiger partial charge on any atom is 0.371 e. The molecule has 0 unspecified atom stereocenters. The fraction of sp³-hybridized carbons (Fsp3) is 0.237. The van der Waals surface area contributed by atoms with Crippen molar-refractivity contribution in [1.29, 1.82) is 0 Å². The SMILES string of the molecule is COc1cc(N)c(-c2nnn(-c3ccc(CCN4CCc5cc(OC)c(OC)cc5C4)cc3)n2)cc1OC.O=C(O)c1cc(=O)c2ccccc2o1. The minimum Gasteiger partial charge on any atom is -0.493 e. The second-order valence-electron chi connectivity index (χ2n) is 11.9. The van der Waals surface area contributed by atoms with Gasteiger partial charge in [0.1, 0.15) is 5.58 Å². The first kappa shape index (κ1) is 35.4. The van der Waals surface area contributed by atoms with Gasteiger partial charge in [0.05, 0.1) is 39.5 Å². The first-order chi connectivity index (χ1) is 25.2. The van der Waals surface area contributed by atoms with Crippen molar-refractivity contribution in [2.24, 2.45) is 0 Å². The van der Waals surface area contributed by atoms with Crippen LogP contribution in [-0.2, 0) is 19.4 Å². The molecule has 14 nitrogen and oxygen atoms in total. The Hall–Kier alpha value is -6.41. The van der Waals surface area contributed by atoms with Crippen molar-refractivity contribution in [3.8, 4) is 40.1 Å². The zero-order valence-electron chi connectivity index (χ0n) is 29.2. The molecule has 3 N–H and O–H groups in total. The number of nitrogen functional groups attached to an aromatic ring is 1. The van der Waals surface area contributed by atoms with Crippen LogP contribution in [0.5, 0.6) is 23.0 Å². The van der Waals surface area contributed by atoms with Crippen LogP contribution in [-0.4, -0.2) is 77.7 Å². The lowest BCUT2D eigenvalue weighted by Gasteiger charge is -2.29. The molecule has 268 valence electrons. The van der Waals surface area contributed by atoms with Crippen LogP contribution >= 0.6 is 0 Å². The number of benzene rings is 4. The molecule has 0 bridgehead atoms. The van der Waals surface area contributed by atoms with Crippen molar-refractivity contribution >= 4 is 22.6 Å². The summed E-state index contributed by atoms with van der Waals surface area (Å²) in [5.74, 6) is 1.50. The Kier molecular flexibility index (Phi) is 10.7. The summed E-state index contributed by atoms with van der Waals surface area (Å²) in [5, 5.41) is 22.0. The number of anilines is 1. The maximum atomic E-state index is 11.4. The van der Waals surface area contributed by atoms with Crippen molar-refractivity contribution < 1.29 is 33.3 Å². The van der Waals surface area contributed by atoms with E-state index in [-0.39, 0.29) is 16.8 Å². The highest BCUT2D eigenvalue weighted by atomic mass is 16.5. The van der Waals surface area contributed by atoms with E-state index in [1.54, 1.807) is 64.8 Å². The highest BCUT2D eigenvalue weighted by Gasteiger charge is 2.20. The molecule has 2 aromatic heterocycles. The second-order valence-corrected chi connectivity index (χ2v) is 11.9. The van der Waals surface area contributed by atoms with E-state index in [1.165, 1.54) is 21.5 Å². The molecule has 0 saturated heterocycles. The van der Waals surface area contributed by atoms with Crippen LogP contribution in [0.4, 0.5) is 5.69 Å². The molecular formula is C38H38N6O8. The van der Waals surface area contributed by atoms with Crippen LogP contribution in [0.2, 0.25) is 0 Å². The number of rotatable bonds is 10. The number of carboxylic acids is 1. The van der Waals surface area contributed by atoms with Crippen LogP contribution in [0.15, 0.2) is 88.1 Å². The zero-order valence-corrected chi connectivity index (χ0v) is 29.2. The molecule has 0 amide bonds. The third-order valence-electron chi connectivity index (χ3n) is 8.74. The molecule has 0 saturated carbocycles. The zero-order chi connectivity index (χ0) is 36.8. The molecular weight excluding hydrogens is 668 g/mol. The van der Waals surface area contributed by atoms with E-state index in [0.29, 0.717) is 34.0 Å². The number of carbonyl (C=O) groups is 1. The van der Waals surface area contributed by atoms with Gasteiger partial charge in [-0.2, -0.15) is 0 Å². The number of carboxylic acid groups (broad SMARTS) is 1. The second kappa shape index (κ2) is 15.6. The number of ether oxygens (including phenoxy) is 4. The lowest BCUT2D eigenvalue weighted by atomic mass is 9.98. The topological polar surface area (TPSA) is 177 Å². The summed E-state index contributed by atoms with van der Waals surface area (Å²) in [6, 6.07) is 23.4. The molecule has 0 aliphatic carbocycles. The van der Waals surface area contributed by atoms with Crippen LogP contribution < -0.4 is 30.1 Å². The molecule has 4 aromatic carbocycles. The monoisotopic (exact) mass is 706 g/mol. The van der Waals surface area contributed by atoms with Gasteiger partial charge in [-0.1, -0.05) is 24.3 Å². The predicted molar refractivity (Wildman–Crippen MR) is 194 cm³/mol. The summed E-state index contributed by atoms with van der Waals surface area (Å²) in [6.07, 6.45) is 1.95. The maximum absolute atomic E-state index is 11.4. The average Bonchev–Trinajstić information content (AvgIpc) is 3.67. The third-order valence-corrected chi connectivity index (χ3v) is 8.74. The van der Waals surface area contributed by atoms with E-state index >= 15 is 0 Å². The van der Waals surface area contributed by atoms with Gasteiger partial charge in [-0.05, 0) is 77.2 Å². The quantitative estimate of drug-likeness (QED) is 0.181. The number of nitrogens with two attached hydrogens (primary N) is 1. The predicted octanol–water partition coefficient (Wildman–Crippen LogP) is 5.04. The minimum atomic E-state index is -1.24. The lowest BCUT2D eigenvalue weighted by molar-refractivity contribution is 0.0663. The van der Waals surface area contributed by atoms with Crippen molar-refractivity contribution in [1.82, 2.24) is 25.1 Å². The number of hydrogen-bond donors (Lipinski definition) is 2. The van der Waals surface area contributed by atoms with Crippen LogP contribution in [0, 0.1) is 0 Å². The van der Waals surface area contributed by atoms with Crippen LogP contribution in [0.1, 0.15) is 27.2 Å². The van der Waals surface area contributed by atoms with Crippen LogP contribution in [0.3, 0.4) is 0 Å². The lowest BCUT2D eigenvalue weighted by Crippen LogP contribution is -2.32. The highest BCUT2D eigenvalue weighted by Crippen LogP contribution is 2.36. The molecule has 0 atom stereocenters.